The molecule has 0 bridgehead atoms. The number of hydrogen-bond donors (Lipinski definition) is 2. The summed E-state index contributed by atoms with van der Waals surface area (Å²) < 4.78 is 0. The predicted octanol–water partition coefficient (Wildman–Crippen LogP) is 4.33. The predicted molar refractivity (Wildman–Crippen MR) is 77.9 cm³/mol. The standard InChI is InChI=1S/C13H13Cl2N3/c1-7-5-10(15)12(6-9(7)14)18-13-11(16)4-3-8(2)17-13/h3-6H,16H2,1-2H3,(H,17,18). The zero-order valence-corrected chi connectivity index (χ0v) is 11.6. The van der Waals surface area contributed by atoms with Crippen molar-refractivity contribution in [1.82, 2.24) is 4.98 Å². The number of pyridine rings is 1. The van der Waals surface area contributed by atoms with Crippen molar-refractivity contribution in [3.8, 4) is 0 Å². The molecule has 0 saturated carbocycles. The molecule has 0 radical (unpaired) electrons. The fourth-order valence-electron chi connectivity index (χ4n) is 1.54. The number of nitrogens with two attached hydrogens (primary N) is 1. The summed E-state index contributed by atoms with van der Waals surface area (Å²) in [4.78, 5) is 4.32. The molecule has 0 atom stereocenters. The second-order valence-corrected chi connectivity index (χ2v) is 4.91. The van der Waals surface area contributed by atoms with E-state index in [0.29, 0.717) is 27.2 Å². The summed E-state index contributed by atoms with van der Waals surface area (Å²) in [6.07, 6.45) is 0. The highest BCUT2D eigenvalue weighted by Crippen LogP contribution is 2.31. The van der Waals surface area contributed by atoms with Crippen LogP contribution in [-0.2, 0) is 0 Å². The minimum atomic E-state index is 0.563. The Kier molecular flexibility index (Phi) is 3.64. The summed E-state index contributed by atoms with van der Waals surface area (Å²) in [5.41, 5.74) is 8.91. The number of nitrogen functional groups attached to an aromatic ring is 1. The lowest BCUT2D eigenvalue weighted by Gasteiger charge is -2.12. The van der Waals surface area contributed by atoms with E-state index in [2.05, 4.69) is 10.3 Å². The van der Waals surface area contributed by atoms with Crippen LogP contribution < -0.4 is 11.1 Å². The van der Waals surface area contributed by atoms with Gasteiger partial charge in [-0.25, -0.2) is 4.98 Å². The van der Waals surface area contributed by atoms with Gasteiger partial charge >= 0.3 is 0 Å². The fraction of sp³-hybridized carbons (Fsp3) is 0.154. The van der Waals surface area contributed by atoms with Gasteiger partial charge < -0.3 is 11.1 Å². The first-order valence-electron chi connectivity index (χ1n) is 5.43. The van der Waals surface area contributed by atoms with Crippen molar-refractivity contribution in [2.75, 3.05) is 11.1 Å². The van der Waals surface area contributed by atoms with E-state index >= 15 is 0 Å². The molecule has 0 fully saturated rings. The van der Waals surface area contributed by atoms with Gasteiger partial charge in [0.25, 0.3) is 0 Å². The molecular formula is C13H13Cl2N3. The van der Waals surface area contributed by atoms with E-state index < -0.39 is 0 Å². The van der Waals surface area contributed by atoms with Crippen LogP contribution in [0.4, 0.5) is 17.2 Å². The van der Waals surface area contributed by atoms with E-state index in [9.17, 15) is 0 Å². The molecule has 3 N–H and O–H groups in total. The Balaban J connectivity index is 2.40. The third-order valence-corrected chi connectivity index (χ3v) is 3.29. The molecule has 0 aliphatic rings. The lowest BCUT2D eigenvalue weighted by atomic mass is 10.2. The van der Waals surface area contributed by atoms with Crippen molar-refractivity contribution < 1.29 is 0 Å². The quantitative estimate of drug-likeness (QED) is 0.861. The SMILES string of the molecule is Cc1ccc(N)c(Nc2cc(Cl)c(C)cc2Cl)n1. The van der Waals surface area contributed by atoms with E-state index in [1.165, 1.54) is 0 Å². The number of halogens is 2. The molecule has 0 amide bonds. The Bertz CT molecular complexity index is 597. The summed E-state index contributed by atoms with van der Waals surface area (Å²) in [6.45, 7) is 3.80. The molecule has 0 spiro atoms. The van der Waals surface area contributed by atoms with E-state index in [1.54, 1.807) is 18.2 Å². The maximum Gasteiger partial charge on any atom is 0.153 e. The molecule has 5 heteroatoms. The van der Waals surface area contributed by atoms with Crippen LogP contribution >= 0.6 is 23.2 Å². The molecule has 2 aromatic rings. The number of aryl methyl sites for hydroxylation is 2. The van der Waals surface area contributed by atoms with Crippen LogP contribution in [0.1, 0.15) is 11.3 Å². The number of anilines is 3. The van der Waals surface area contributed by atoms with Crippen molar-refractivity contribution >= 4 is 40.4 Å². The minimum absolute atomic E-state index is 0.563. The first kappa shape index (κ1) is 13.0. The van der Waals surface area contributed by atoms with Gasteiger partial charge in [0.05, 0.1) is 16.4 Å². The van der Waals surface area contributed by atoms with Gasteiger partial charge in [-0.2, -0.15) is 0 Å². The van der Waals surface area contributed by atoms with Crippen LogP contribution in [0, 0.1) is 13.8 Å². The number of benzene rings is 1. The molecule has 18 heavy (non-hydrogen) atoms. The molecule has 3 nitrogen and oxygen atoms in total. The van der Waals surface area contributed by atoms with Gasteiger partial charge in [-0.05, 0) is 43.7 Å². The highest BCUT2D eigenvalue weighted by atomic mass is 35.5. The van der Waals surface area contributed by atoms with Gasteiger partial charge in [0, 0.05) is 10.7 Å². The smallest absolute Gasteiger partial charge is 0.153 e. The van der Waals surface area contributed by atoms with Gasteiger partial charge in [0.1, 0.15) is 0 Å². The van der Waals surface area contributed by atoms with E-state index in [0.717, 1.165) is 11.3 Å². The summed E-state index contributed by atoms with van der Waals surface area (Å²) in [5.74, 6) is 0.580. The molecular weight excluding hydrogens is 269 g/mol. The summed E-state index contributed by atoms with van der Waals surface area (Å²) in [5, 5.41) is 4.33. The van der Waals surface area contributed by atoms with Crippen LogP contribution in [0.15, 0.2) is 24.3 Å². The number of nitrogens with one attached hydrogen (secondary N) is 1. The fourth-order valence-corrected chi connectivity index (χ4v) is 1.97. The van der Waals surface area contributed by atoms with E-state index in [1.807, 2.05) is 19.9 Å². The van der Waals surface area contributed by atoms with Gasteiger partial charge in [0.15, 0.2) is 5.82 Å². The van der Waals surface area contributed by atoms with Crippen molar-refractivity contribution in [3.05, 3.63) is 45.6 Å². The monoisotopic (exact) mass is 281 g/mol. The summed E-state index contributed by atoms with van der Waals surface area (Å²) >= 11 is 12.2. The molecule has 0 unspecified atom stereocenters. The highest BCUT2D eigenvalue weighted by Gasteiger charge is 2.07. The van der Waals surface area contributed by atoms with Gasteiger partial charge in [-0.3, -0.25) is 0 Å². The Hall–Kier alpha value is -1.45. The van der Waals surface area contributed by atoms with Crippen LogP contribution in [0.3, 0.4) is 0 Å². The molecule has 0 saturated heterocycles. The number of hydrogen-bond acceptors (Lipinski definition) is 3. The molecule has 94 valence electrons. The van der Waals surface area contributed by atoms with Crippen LogP contribution in [-0.4, -0.2) is 4.98 Å². The van der Waals surface area contributed by atoms with Gasteiger partial charge in [-0.1, -0.05) is 23.2 Å². The number of aromatic nitrogens is 1. The number of rotatable bonds is 2. The molecule has 0 aliphatic carbocycles. The molecule has 1 aromatic heterocycles. The van der Waals surface area contributed by atoms with E-state index in [4.69, 9.17) is 28.9 Å². The molecule has 0 aliphatic heterocycles. The molecule has 1 heterocycles. The summed E-state index contributed by atoms with van der Waals surface area (Å²) in [6, 6.07) is 7.22. The third-order valence-electron chi connectivity index (χ3n) is 2.57. The Labute approximate surface area is 116 Å². The number of nitrogens with zero attached hydrogens (tertiary/aromatic N) is 1. The van der Waals surface area contributed by atoms with Crippen LogP contribution in [0.2, 0.25) is 10.0 Å². The van der Waals surface area contributed by atoms with Crippen molar-refractivity contribution in [1.29, 1.82) is 0 Å². The Morgan fingerprint density at radius 2 is 1.83 bits per heavy atom. The lowest BCUT2D eigenvalue weighted by molar-refractivity contribution is 1.20. The van der Waals surface area contributed by atoms with E-state index in [-0.39, 0.29) is 0 Å². The van der Waals surface area contributed by atoms with Crippen molar-refractivity contribution in [2.45, 2.75) is 13.8 Å². The van der Waals surface area contributed by atoms with Crippen molar-refractivity contribution in [2.24, 2.45) is 0 Å². The van der Waals surface area contributed by atoms with Crippen LogP contribution in [0.5, 0.6) is 0 Å². The highest BCUT2D eigenvalue weighted by molar-refractivity contribution is 6.35. The topological polar surface area (TPSA) is 50.9 Å². The zero-order chi connectivity index (χ0) is 13.3. The Morgan fingerprint density at radius 3 is 2.56 bits per heavy atom. The van der Waals surface area contributed by atoms with Gasteiger partial charge in [0.2, 0.25) is 0 Å². The summed E-state index contributed by atoms with van der Waals surface area (Å²) in [7, 11) is 0. The molecule has 1 aromatic carbocycles. The van der Waals surface area contributed by atoms with Gasteiger partial charge in [-0.15, -0.1) is 0 Å². The zero-order valence-electron chi connectivity index (χ0n) is 10.1. The van der Waals surface area contributed by atoms with Crippen molar-refractivity contribution in [3.63, 3.8) is 0 Å². The largest absolute Gasteiger partial charge is 0.396 e. The average Bonchev–Trinajstić information content (AvgIpc) is 2.30. The Morgan fingerprint density at radius 1 is 1.11 bits per heavy atom. The second-order valence-electron chi connectivity index (χ2n) is 4.10. The molecule has 2 rings (SSSR count). The first-order valence-corrected chi connectivity index (χ1v) is 6.19. The first-order chi connectivity index (χ1) is 8.47. The normalized spacial score (nSPS) is 10.4. The minimum Gasteiger partial charge on any atom is -0.396 e. The second kappa shape index (κ2) is 5.04. The maximum absolute atomic E-state index is 6.15. The maximum atomic E-state index is 6.15. The lowest BCUT2D eigenvalue weighted by Crippen LogP contribution is -2.01. The third kappa shape index (κ3) is 2.68. The van der Waals surface area contributed by atoms with Crippen LogP contribution in [0.25, 0.3) is 0 Å². The average molecular weight is 282 g/mol.